The van der Waals surface area contributed by atoms with Gasteiger partial charge in [0.25, 0.3) is 6.43 Å². The minimum atomic E-state index is -2.83. The highest BCUT2D eigenvalue weighted by atomic mass is 35.5. The maximum absolute atomic E-state index is 13.1. The van der Waals surface area contributed by atoms with E-state index in [-0.39, 0.29) is 17.3 Å². The lowest BCUT2D eigenvalue weighted by Crippen LogP contribution is -2.36. The van der Waals surface area contributed by atoms with Crippen molar-refractivity contribution in [2.45, 2.75) is 38.8 Å². The fourth-order valence-corrected chi connectivity index (χ4v) is 2.59. The second kappa shape index (κ2) is 8.85. The molecule has 1 N–H and O–H groups in total. The normalized spacial score (nSPS) is 12.9. The number of hydrogen-bond acceptors (Lipinski definition) is 6. The van der Waals surface area contributed by atoms with E-state index in [1.165, 1.54) is 12.1 Å². The summed E-state index contributed by atoms with van der Waals surface area (Å²) in [5.41, 5.74) is 0.0382. The van der Waals surface area contributed by atoms with Crippen molar-refractivity contribution >= 4 is 30.6 Å². The van der Waals surface area contributed by atoms with Crippen LogP contribution in [-0.2, 0) is 8.92 Å². The molecule has 1 aromatic carbocycles. The first-order valence-corrected chi connectivity index (χ1v) is 8.60. The van der Waals surface area contributed by atoms with Gasteiger partial charge < -0.3 is 14.2 Å². The third-order valence-corrected chi connectivity index (χ3v) is 3.77. The highest BCUT2D eigenvalue weighted by Gasteiger charge is 2.23. The van der Waals surface area contributed by atoms with Gasteiger partial charge in [-0.25, -0.2) is 23.2 Å². The number of nitrogens with one attached hydrogen (secondary N) is 1. The zero-order valence-corrected chi connectivity index (χ0v) is 16.5. The topological polar surface area (TPSA) is 78.3 Å². The number of rotatable bonds is 6. The molecule has 27 heavy (non-hydrogen) atoms. The van der Waals surface area contributed by atoms with Crippen LogP contribution in [0, 0.1) is 0 Å². The Hall–Kier alpha value is -1.91. The number of nitrogens with zero attached hydrogens (tertiary/aromatic N) is 3. The van der Waals surface area contributed by atoms with E-state index in [2.05, 4.69) is 28.3 Å². The van der Waals surface area contributed by atoms with E-state index in [1.54, 1.807) is 26.8 Å². The van der Waals surface area contributed by atoms with Gasteiger partial charge in [-0.2, -0.15) is 5.10 Å². The van der Waals surface area contributed by atoms with E-state index in [9.17, 15) is 13.6 Å². The maximum atomic E-state index is 13.1. The summed E-state index contributed by atoms with van der Waals surface area (Å²) in [4.78, 5) is 15.6. The van der Waals surface area contributed by atoms with Crippen LogP contribution >= 0.6 is 24.5 Å². The van der Waals surface area contributed by atoms with Crippen LogP contribution in [0.5, 0.6) is 0 Å². The van der Waals surface area contributed by atoms with Crippen LogP contribution in [0.4, 0.5) is 13.6 Å². The predicted octanol–water partition coefficient (Wildman–Crippen LogP) is 4.29. The number of carbonyl (C=O) groups is 1. The number of amides is 1. The van der Waals surface area contributed by atoms with E-state index < -0.39 is 30.0 Å². The molecule has 0 aliphatic heterocycles. The highest BCUT2D eigenvalue weighted by molar-refractivity contribution is 7.75. The Bertz CT molecular complexity index is 798. The van der Waals surface area contributed by atoms with Crippen molar-refractivity contribution in [1.29, 1.82) is 0 Å². The van der Waals surface area contributed by atoms with Crippen molar-refractivity contribution in [2.75, 3.05) is 6.61 Å². The summed E-state index contributed by atoms with van der Waals surface area (Å²) in [6.07, 6.45) is -2.48. The SMILES string of the molecule is CC(C)(C)OC(=O)NC(COS)c1ccc(Cl)c(-n2ncnc2C(F)F)c1. The molecule has 1 heterocycles. The van der Waals surface area contributed by atoms with Crippen molar-refractivity contribution in [3.05, 3.63) is 40.9 Å². The fourth-order valence-electron chi connectivity index (χ4n) is 2.24. The summed E-state index contributed by atoms with van der Waals surface area (Å²) >= 11 is 9.87. The van der Waals surface area contributed by atoms with Crippen molar-refractivity contribution in [3.8, 4) is 5.69 Å². The number of halogens is 3. The lowest BCUT2D eigenvalue weighted by atomic mass is 10.1. The average molecular weight is 421 g/mol. The molecule has 1 amide bonds. The molecule has 0 saturated heterocycles. The summed E-state index contributed by atoms with van der Waals surface area (Å²) in [5.74, 6) is -0.545. The monoisotopic (exact) mass is 420 g/mol. The van der Waals surface area contributed by atoms with E-state index in [0.29, 0.717) is 5.56 Å². The van der Waals surface area contributed by atoms with Crippen molar-refractivity contribution in [1.82, 2.24) is 20.1 Å². The number of carbonyl (C=O) groups excluding carboxylic acids is 1. The molecule has 1 atom stereocenters. The molecule has 7 nitrogen and oxygen atoms in total. The van der Waals surface area contributed by atoms with Gasteiger partial charge >= 0.3 is 6.09 Å². The highest BCUT2D eigenvalue weighted by Crippen LogP contribution is 2.28. The number of thiol groups is 1. The summed E-state index contributed by atoms with van der Waals surface area (Å²) in [6, 6.07) is 3.98. The minimum absolute atomic E-state index is 0.00247. The number of aromatic nitrogens is 3. The van der Waals surface area contributed by atoms with Crippen LogP contribution in [0.3, 0.4) is 0 Å². The van der Waals surface area contributed by atoms with Gasteiger partial charge in [0.05, 0.1) is 23.4 Å². The lowest BCUT2D eigenvalue weighted by Gasteiger charge is -2.24. The van der Waals surface area contributed by atoms with E-state index in [0.717, 1.165) is 11.0 Å². The minimum Gasteiger partial charge on any atom is -0.444 e. The number of benzene rings is 1. The Morgan fingerprint density at radius 1 is 1.41 bits per heavy atom. The fraction of sp³-hybridized carbons (Fsp3) is 0.438. The average Bonchev–Trinajstić information content (AvgIpc) is 3.03. The molecule has 1 unspecified atom stereocenters. The molecule has 0 radical (unpaired) electrons. The van der Waals surface area contributed by atoms with E-state index in [4.69, 9.17) is 20.5 Å². The summed E-state index contributed by atoms with van der Waals surface area (Å²) in [7, 11) is 0. The van der Waals surface area contributed by atoms with Gasteiger partial charge in [0.1, 0.15) is 11.9 Å². The molecule has 0 fully saturated rings. The third-order valence-electron chi connectivity index (χ3n) is 3.30. The number of alkyl halides is 2. The standard InChI is InChI=1S/C16H19ClF2N4O3S/c1-16(2,3)26-15(24)22-11(7-25-27)9-4-5-10(17)12(6-9)23-14(13(18)19)20-8-21-23/h4-6,8,11,13,27H,7H2,1-3H3,(H,22,24). The Kier molecular flexibility index (Phi) is 7.01. The van der Waals surface area contributed by atoms with Gasteiger partial charge in [-0.1, -0.05) is 17.7 Å². The number of ether oxygens (including phenoxy) is 1. The first-order valence-electron chi connectivity index (χ1n) is 7.86. The molecule has 0 bridgehead atoms. The molecule has 0 spiro atoms. The Labute approximate surface area is 165 Å². The van der Waals surface area contributed by atoms with Crippen molar-refractivity contribution < 1.29 is 22.5 Å². The first kappa shape index (κ1) is 21.4. The Balaban J connectivity index is 2.35. The van der Waals surface area contributed by atoms with Crippen molar-refractivity contribution in [2.24, 2.45) is 0 Å². The van der Waals surface area contributed by atoms with Gasteiger partial charge in [-0.05, 0) is 51.4 Å². The smallest absolute Gasteiger partial charge is 0.408 e. The molecular formula is C16H19ClF2N4O3S. The molecule has 148 valence electrons. The molecule has 2 aromatic rings. The molecule has 11 heteroatoms. The predicted molar refractivity (Wildman–Crippen MR) is 98.4 cm³/mol. The second-order valence-electron chi connectivity index (χ2n) is 6.54. The van der Waals surface area contributed by atoms with Gasteiger partial charge in [0.15, 0.2) is 5.82 Å². The molecular weight excluding hydrogens is 402 g/mol. The largest absolute Gasteiger partial charge is 0.444 e. The van der Waals surface area contributed by atoms with E-state index >= 15 is 0 Å². The van der Waals surface area contributed by atoms with Crippen LogP contribution in [0.2, 0.25) is 5.02 Å². The summed E-state index contributed by atoms with van der Waals surface area (Å²) < 4.78 is 37.3. The molecule has 0 aliphatic rings. The Morgan fingerprint density at radius 3 is 2.70 bits per heavy atom. The van der Waals surface area contributed by atoms with Crippen LogP contribution in [0.15, 0.2) is 24.5 Å². The molecule has 0 saturated carbocycles. The first-order chi connectivity index (χ1) is 12.6. The summed E-state index contributed by atoms with van der Waals surface area (Å²) in [6.45, 7) is 5.19. The Morgan fingerprint density at radius 2 is 2.11 bits per heavy atom. The van der Waals surface area contributed by atoms with Gasteiger partial charge in [0.2, 0.25) is 0 Å². The van der Waals surface area contributed by atoms with Gasteiger partial charge in [0, 0.05) is 0 Å². The molecule has 1 aromatic heterocycles. The lowest BCUT2D eigenvalue weighted by molar-refractivity contribution is 0.0490. The van der Waals surface area contributed by atoms with E-state index in [1.807, 2.05) is 0 Å². The van der Waals surface area contributed by atoms with Crippen LogP contribution < -0.4 is 5.32 Å². The third kappa shape index (κ3) is 5.78. The number of alkyl carbamates (subject to hydrolysis) is 1. The van der Waals surface area contributed by atoms with Crippen LogP contribution in [0.1, 0.15) is 44.6 Å². The summed E-state index contributed by atoms with van der Waals surface area (Å²) in [5, 5.41) is 6.64. The number of hydrogen-bond donors (Lipinski definition) is 2. The molecule has 2 rings (SSSR count). The van der Waals surface area contributed by atoms with Gasteiger partial charge in [-0.3, -0.25) is 0 Å². The quantitative estimate of drug-likeness (QED) is 0.538. The zero-order valence-electron chi connectivity index (χ0n) is 14.8. The van der Waals surface area contributed by atoms with Crippen LogP contribution in [0.25, 0.3) is 5.69 Å². The maximum Gasteiger partial charge on any atom is 0.408 e. The van der Waals surface area contributed by atoms with Gasteiger partial charge in [-0.15, -0.1) is 0 Å². The zero-order chi connectivity index (χ0) is 20.2. The van der Waals surface area contributed by atoms with Crippen LogP contribution in [-0.4, -0.2) is 33.1 Å². The van der Waals surface area contributed by atoms with Crippen molar-refractivity contribution in [3.63, 3.8) is 0 Å². The second-order valence-corrected chi connectivity index (χ2v) is 7.20. The molecule has 0 aliphatic carbocycles.